The number of hydrogen-bond donors (Lipinski definition) is 1. The molecule has 0 saturated heterocycles. The minimum atomic E-state index is -0.122. The van der Waals surface area contributed by atoms with Crippen LogP contribution in [-0.2, 0) is 10.5 Å². The minimum absolute atomic E-state index is 0.122. The highest BCUT2D eigenvalue weighted by molar-refractivity contribution is 7.99. The number of nitrogens with one attached hydrogen (secondary N) is 1. The zero-order valence-corrected chi connectivity index (χ0v) is 11.1. The summed E-state index contributed by atoms with van der Waals surface area (Å²) in [6, 6.07) is 13.6. The van der Waals surface area contributed by atoms with E-state index in [4.69, 9.17) is 4.42 Å². The Morgan fingerprint density at radius 1 is 1.26 bits per heavy atom. The Morgan fingerprint density at radius 2 is 2.11 bits per heavy atom. The van der Waals surface area contributed by atoms with Crippen LogP contribution in [0, 0.1) is 0 Å². The van der Waals surface area contributed by atoms with Crippen molar-refractivity contribution in [2.75, 3.05) is 5.75 Å². The SMILES string of the molecule is O=C(CSCc1ccccc1)N/N=C\c1ccco1. The Hall–Kier alpha value is -2.01. The van der Waals surface area contributed by atoms with Crippen LogP contribution in [-0.4, -0.2) is 17.9 Å². The van der Waals surface area contributed by atoms with Crippen LogP contribution in [0.25, 0.3) is 0 Å². The monoisotopic (exact) mass is 274 g/mol. The average molecular weight is 274 g/mol. The summed E-state index contributed by atoms with van der Waals surface area (Å²) in [4.78, 5) is 11.5. The van der Waals surface area contributed by atoms with Crippen LogP contribution in [0.3, 0.4) is 0 Å². The molecule has 0 radical (unpaired) electrons. The van der Waals surface area contributed by atoms with Crippen molar-refractivity contribution in [2.24, 2.45) is 5.10 Å². The van der Waals surface area contributed by atoms with Gasteiger partial charge in [0.1, 0.15) is 5.76 Å². The van der Waals surface area contributed by atoms with Crippen molar-refractivity contribution in [1.82, 2.24) is 5.43 Å². The first-order valence-electron chi connectivity index (χ1n) is 5.81. The third-order valence-electron chi connectivity index (χ3n) is 2.27. The molecule has 4 nitrogen and oxygen atoms in total. The molecule has 2 rings (SSSR count). The maximum atomic E-state index is 11.5. The van der Waals surface area contributed by atoms with Gasteiger partial charge in [-0.3, -0.25) is 4.79 Å². The molecule has 1 heterocycles. The first-order valence-corrected chi connectivity index (χ1v) is 6.97. The molecule has 0 aliphatic carbocycles. The van der Waals surface area contributed by atoms with E-state index in [-0.39, 0.29) is 5.91 Å². The standard InChI is InChI=1S/C14H14N2O2S/c17-14(16-15-9-13-7-4-8-18-13)11-19-10-12-5-2-1-3-6-12/h1-9H,10-11H2,(H,16,17)/b15-9-. The lowest BCUT2D eigenvalue weighted by Crippen LogP contribution is -2.19. The van der Waals surface area contributed by atoms with E-state index in [1.807, 2.05) is 30.3 Å². The molecule has 0 spiro atoms. The molecule has 0 bridgehead atoms. The summed E-state index contributed by atoms with van der Waals surface area (Å²) in [5, 5.41) is 3.81. The molecule has 0 saturated carbocycles. The first-order chi connectivity index (χ1) is 9.34. The van der Waals surface area contributed by atoms with E-state index in [2.05, 4.69) is 10.5 Å². The normalized spacial score (nSPS) is 10.7. The highest BCUT2D eigenvalue weighted by Gasteiger charge is 2.00. The molecule has 0 aliphatic rings. The predicted molar refractivity (Wildman–Crippen MR) is 77.0 cm³/mol. The Morgan fingerprint density at radius 3 is 2.84 bits per heavy atom. The zero-order chi connectivity index (χ0) is 13.3. The fourth-order valence-electron chi connectivity index (χ4n) is 1.40. The summed E-state index contributed by atoms with van der Waals surface area (Å²) in [5.41, 5.74) is 3.66. The lowest BCUT2D eigenvalue weighted by molar-refractivity contribution is -0.118. The van der Waals surface area contributed by atoms with E-state index in [9.17, 15) is 4.79 Å². The number of thioether (sulfide) groups is 1. The number of furan rings is 1. The van der Waals surface area contributed by atoms with Gasteiger partial charge in [0, 0.05) is 5.75 Å². The number of amides is 1. The molecule has 0 atom stereocenters. The Bertz CT molecular complexity index is 524. The largest absolute Gasteiger partial charge is 0.463 e. The quantitative estimate of drug-likeness (QED) is 0.651. The molecule has 98 valence electrons. The van der Waals surface area contributed by atoms with E-state index in [0.717, 1.165) is 5.75 Å². The molecule has 1 aromatic heterocycles. The minimum Gasteiger partial charge on any atom is -0.463 e. The van der Waals surface area contributed by atoms with Crippen LogP contribution < -0.4 is 5.43 Å². The lowest BCUT2D eigenvalue weighted by Gasteiger charge is -2.00. The van der Waals surface area contributed by atoms with Crippen LogP contribution in [0.5, 0.6) is 0 Å². The molecule has 0 aliphatic heterocycles. The number of nitrogens with zero attached hydrogens (tertiary/aromatic N) is 1. The summed E-state index contributed by atoms with van der Waals surface area (Å²) in [7, 11) is 0. The molecular formula is C14H14N2O2S. The number of benzene rings is 1. The third-order valence-corrected chi connectivity index (χ3v) is 3.27. The van der Waals surface area contributed by atoms with Crippen LogP contribution in [0.2, 0.25) is 0 Å². The van der Waals surface area contributed by atoms with Gasteiger partial charge in [-0.1, -0.05) is 30.3 Å². The van der Waals surface area contributed by atoms with Gasteiger partial charge < -0.3 is 4.42 Å². The molecule has 0 unspecified atom stereocenters. The van der Waals surface area contributed by atoms with Crippen LogP contribution in [0.15, 0.2) is 58.2 Å². The molecule has 5 heteroatoms. The number of hydrazone groups is 1. The van der Waals surface area contributed by atoms with Gasteiger partial charge in [0.05, 0.1) is 18.2 Å². The smallest absolute Gasteiger partial charge is 0.250 e. The van der Waals surface area contributed by atoms with Gasteiger partial charge in [-0.2, -0.15) is 5.10 Å². The van der Waals surface area contributed by atoms with Gasteiger partial charge in [-0.25, -0.2) is 5.43 Å². The molecule has 2 aromatic rings. The van der Waals surface area contributed by atoms with Crippen molar-refractivity contribution in [3.63, 3.8) is 0 Å². The first kappa shape index (κ1) is 13.4. The van der Waals surface area contributed by atoms with Gasteiger partial charge in [0.15, 0.2) is 0 Å². The highest BCUT2D eigenvalue weighted by Crippen LogP contribution is 2.10. The summed E-state index contributed by atoms with van der Waals surface area (Å²) in [6.45, 7) is 0. The second kappa shape index (κ2) is 7.43. The number of carbonyl (C=O) groups excluding carboxylic acids is 1. The van der Waals surface area contributed by atoms with Crippen molar-refractivity contribution in [2.45, 2.75) is 5.75 Å². The van der Waals surface area contributed by atoms with Crippen LogP contribution >= 0.6 is 11.8 Å². The van der Waals surface area contributed by atoms with Crippen molar-refractivity contribution >= 4 is 23.9 Å². The molecule has 19 heavy (non-hydrogen) atoms. The molecule has 1 N–H and O–H groups in total. The van der Waals surface area contributed by atoms with E-state index >= 15 is 0 Å². The maximum absolute atomic E-state index is 11.5. The van der Waals surface area contributed by atoms with Crippen LogP contribution in [0.4, 0.5) is 0 Å². The van der Waals surface area contributed by atoms with Crippen molar-refractivity contribution in [1.29, 1.82) is 0 Å². The molecule has 1 amide bonds. The van der Waals surface area contributed by atoms with Crippen molar-refractivity contribution in [3.8, 4) is 0 Å². The van der Waals surface area contributed by atoms with Crippen molar-refractivity contribution < 1.29 is 9.21 Å². The van der Waals surface area contributed by atoms with Gasteiger partial charge in [-0.15, -0.1) is 11.8 Å². The Labute approximate surface area is 115 Å². The highest BCUT2D eigenvalue weighted by atomic mass is 32.2. The summed E-state index contributed by atoms with van der Waals surface area (Å²) in [6.07, 6.45) is 3.03. The van der Waals surface area contributed by atoms with Gasteiger partial charge in [0.2, 0.25) is 5.91 Å². The van der Waals surface area contributed by atoms with E-state index < -0.39 is 0 Å². The van der Waals surface area contributed by atoms with E-state index in [0.29, 0.717) is 11.5 Å². The second-order valence-corrected chi connectivity index (χ2v) is 4.77. The number of rotatable bonds is 6. The Kier molecular flexibility index (Phi) is 5.25. The van der Waals surface area contributed by atoms with Gasteiger partial charge in [-0.05, 0) is 17.7 Å². The zero-order valence-electron chi connectivity index (χ0n) is 10.3. The van der Waals surface area contributed by atoms with Crippen LogP contribution in [0.1, 0.15) is 11.3 Å². The number of hydrogen-bond acceptors (Lipinski definition) is 4. The summed E-state index contributed by atoms with van der Waals surface area (Å²) >= 11 is 1.55. The Balaban J connectivity index is 1.65. The fraction of sp³-hybridized carbons (Fsp3) is 0.143. The molecule has 0 fully saturated rings. The summed E-state index contributed by atoms with van der Waals surface area (Å²) < 4.78 is 5.05. The third kappa shape index (κ3) is 5.01. The second-order valence-electron chi connectivity index (χ2n) is 3.79. The van der Waals surface area contributed by atoms with E-state index in [1.54, 1.807) is 30.2 Å². The topological polar surface area (TPSA) is 54.6 Å². The molecular weight excluding hydrogens is 260 g/mol. The number of carbonyl (C=O) groups is 1. The maximum Gasteiger partial charge on any atom is 0.250 e. The lowest BCUT2D eigenvalue weighted by atomic mass is 10.2. The van der Waals surface area contributed by atoms with Crippen molar-refractivity contribution in [3.05, 3.63) is 60.1 Å². The predicted octanol–water partition coefficient (Wildman–Crippen LogP) is 2.66. The summed E-state index contributed by atoms with van der Waals surface area (Å²) in [5.74, 6) is 1.68. The average Bonchev–Trinajstić information content (AvgIpc) is 2.93. The van der Waals surface area contributed by atoms with Gasteiger partial charge in [0.25, 0.3) is 0 Å². The van der Waals surface area contributed by atoms with Gasteiger partial charge >= 0.3 is 0 Å². The molecule has 1 aromatic carbocycles. The fourth-order valence-corrected chi connectivity index (χ4v) is 2.18. The van der Waals surface area contributed by atoms with E-state index in [1.165, 1.54) is 11.8 Å².